The van der Waals surface area contributed by atoms with Crippen LogP contribution in [0.15, 0.2) is 48.5 Å². The Morgan fingerprint density at radius 2 is 1.90 bits per heavy atom. The predicted octanol–water partition coefficient (Wildman–Crippen LogP) is 4.47. The number of hydrogen-bond donors (Lipinski definition) is 1. The van der Waals surface area contributed by atoms with Crippen LogP contribution in [-0.2, 0) is 5.54 Å². The molecule has 0 aromatic heterocycles. The lowest BCUT2D eigenvalue weighted by molar-refractivity contribution is 0.247. The second-order valence-electron chi connectivity index (χ2n) is 5.97. The van der Waals surface area contributed by atoms with Crippen molar-refractivity contribution in [3.05, 3.63) is 64.7 Å². The van der Waals surface area contributed by atoms with Crippen molar-refractivity contribution < 1.29 is 4.74 Å². The highest BCUT2D eigenvalue weighted by Gasteiger charge is 2.31. The number of fused-ring (bicyclic) bond motifs is 1. The lowest BCUT2D eigenvalue weighted by atomic mass is 9.79. The van der Waals surface area contributed by atoms with Gasteiger partial charge in [-0.2, -0.15) is 0 Å². The summed E-state index contributed by atoms with van der Waals surface area (Å²) in [6.07, 6.45) is 1.85. The smallest absolute Gasteiger partial charge is 0.122 e. The van der Waals surface area contributed by atoms with Gasteiger partial charge in [-0.3, -0.25) is 0 Å². The molecule has 2 nitrogen and oxygen atoms in total. The number of hydrogen-bond acceptors (Lipinski definition) is 2. The summed E-state index contributed by atoms with van der Waals surface area (Å²) in [5, 5.41) is 0.739. The number of rotatable bonds is 3. The van der Waals surface area contributed by atoms with E-state index in [0.29, 0.717) is 5.92 Å². The zero-order chi connectivity index (χ0) is 14.9. The van der Waals surface area contributed by atoms with Gasteiger partial charge in [0.2, 0.25) is 0 Å². The maximum atomic E-state index is 6.60. The average Bonchev–Trinajstić information content (AvgIpc) is 2.47. The summed E-state index contributed by atoms with van der Waals surface area (Å²) in [6.45, 7) is 2.81. The molecule has 2 aromatic rings. The van der Waals surface area contributed by atoms with Crippen LogP contribution in [0, 0.1) is 0 Å². The zero-order valence-electron chi connectivity index (χ0n) is 12.2. The van der Waals surface area contributed by atoms with Crippen LogP contribution in [0.4, 0.5) is 0 Å². The molecule has 2 aromatic carbocycles. The zero-order valence-corrected chi connectivity index (χ0v) is 12.9. The minimum atomic E-state index is -0.451. The standard InChI is InChI=1S/C18H20ClNO/c1-18(20,15-7-3-4-8-16(15)19)12-13-10-11-21-17-9-5-2-6-14(13)17/h2-9,13H,10-12,20H2,1H3. The van der Waals surface area contributed by atoms with Crippen molar-refractivity contribution >= 4 is 11.6 Å². The number of ether oxygens (including phenoxy) is 1. The van der Waals surface area contributed by atoms with E-state index < -0.39 is 5.54 Å². The van der Waals surface area contributed by atoms with E-state index >= 15 is 0 Å². The molecule has 0 radical (unpaired) electrons. The van der Waals surface area contributed by atoms with Crippen molar-refractivity contribution in [1.29, 1.82) is 0 Å². The molecule has 2 unspecified atom stereocenters. The Labute approximate surface area is 130 Å². The first kappa shape index (κ1) is 14.4. The summed E-state index contributed by atoms with van der Waals surface area (Å²) in [5.41, 5.74) is 8.42. The summed E-state index contributed by atoms with van der Waals surface area (Å²) in [5.74, 6) is 1.39. The van der Waals surface area contributed by atoms with E-state index in [-0.39, 0.29) is 0 Å². The van der Waals surface area contributed by atoms with E-state index in [4.69, 9.17) is 22.1 Å². The van der Waals surface area contributed by atoms with Gasteiger partial charge in [-0.25, -0.2) is 0 Å². The molecule has 21 heavy (non-hydrogen) atoms. The fourth-order valence-electron chi connectivity index (χ4n) is 3.17. The van der Waals surface area contributed by atoms with Gasteiger partial charge in [0, 0.05) is 10.6 Å². The Hall–Kier alpha value is -1.51. The van der Waals surface area contributed by atoms with Gasteiger partial charge in [0.1, 0.15) is 5.75 Å². The maximum Gasteiger partial charge on any atom is 0.122 e. The number of benzene rings is 2. The quantitative estimate of drug-likeness (QED) is 0.908. The third-order valence-corrected chi connectivity index (χ3v) is 4.57. The van der Waals surface area contributed by atoms with Crippen molar-refractivity contribution in [2.75, 3.05) is 6.61 Å². The first-order valence-electron chi connectivity index (χ1n) is 7.33. The fourth-order valence-corrected chi connectivity index (χ4v) is 3.53. The molecule has 1 aliphatic heterocycles. The molecule has 2 atom stereocenters. The molecular formula is C18H20ClNO. The van der Waals surface area contributed by atoms with E-state index in [1.165, 1.54) is 5.56 Å². The predicted molar refractivity (Wildman–Crippen MR) is 86.9 cm³/mol. The summed E-state index contributed by atoms with van der Waals surface area (Å²) in [4.78, 5) is 0. The van der Waals surface area contributed by atoms with Crippen LogP contribution in [-0.4, -0.2) is 6.61 Å². The van der Waals surface area contributed by atoms with Gasteiger partial charge in [-0.1, -0.05) is 48.0 Å². The molecule has 110 valence electrons. The van der Waals surface area contributed by atoms with E-state index in [2.05, 4.69) is 19.1 Å². The minimum absolute atomic E-state index is 0.404. The molecule has 3 rings (SSSR count). The third-order valence-electron chi connectivity index (χ3n) is 4.24. The molecule has 1 heterocycles. The molecule has 0 amide bonds. The van der Waals surface area contributed by atoms with E-state index in [0.717, 1.165) is 35.8 Å². The summed E-state index contributed by atoms with van der Waals surface area (Å²) in [7, 11) is 0. The summed E-state index contributed by atoms with van der Waals surface area (Å²) in [6, 6.07) is 16.1. The Bertz CT molecular complexity index is 639. The highest BCUT2D eigenvalue weighted by atomic mass is 35.5. The highest BCUT2D eigenvalue weighted by Crippen LogP contribution is 2.41. The van der Waals surface area contributed by atoms with Crippen LogP contribution in [0.2, 0.25) is 5.02 Å². The van der Waals surface area contributed by atoms with Crippen LogP contribution >= 0.6 is 11.6 Å². The van der Waals surface area contributed by atoms with Crippen molar-refractivity contribution in [1.82, 2.24) is 0 Å². The van der Waals surface area contributed by atoms with Gasteiger partial charge in [-0.05, 0) is 48.9 Å². The molecule has 0 fully saturated rings. The van der Waals surface area contributed by atoms with Crippen LogP contribution < -0.4 is 10.5 Å². The molecule has 0 saturated heterocycles. The molecule has 3 heteroatoms. The van der Waals surface area contributed by atoms with E-state index in [1.54, 1.807) is 0 Å². The highest BCUT2D eigenvalue weighted by molar-refractivity contribution is 6.31. The largest absolute Gasteiger partial charge is 0.493 e. The molecular weight excluding hydrogens is 282 g/mol. The maximum absolute atomic E-state index is 6.60. The Morgan fingerprint density at radius 1 is 1.19 bits per heavy atom. The second-order valence-corrected chi connectivity index (χ2v) is 6.38. The second kappa shape index (κ2) is 5.70. The molecule has 0 bridgehead atoms. The van der Waals surface area contributed by atoms with Crippen molar-refractivity contribution in [2.24, 2.45) is 5.73 Å². The Balaban J connectivity index is 1.89. The lowest BCUT2D eigenvalue weighted by Crippen LogP contribution is -2.36. The SMILES string of the molecule is CC(N)(CC1CCOc2ccccc21)c1ccccc1Cl. The number of nitrogens with two attached hydrogens (primary N) is 1. The lowest BCUT2D eigenvalue weighted by Gasteiger charge is -2.34. The van der Waals surface area contributed by atoms with Gasteiger partial charge >= 0.3 is 0 Å². The van der Waals surface area contributed by atoms with Crippen LogP contribution in [0.25, 0.3) is 0 Å². The molecule has 0 aliphatic carbocycles. The normalized spacial score (nSPS) is 20.2. The topological polar surface area (TPSA) is 35.2 Å². The van der Waals surface area contributed by atoms with E-state index in [1.807, 2.05) is 36.4 Å². The van der Waals surface area contributed by atoms with Gasteiger partial charge < -0.3 is 10.5 Å². The molecule has 1 aliphatic rings. The van der Waals surface area contributed by atoms with Crippen molar-refractivity contribution in [2.45, 2.75) is 31.2 Å². The van der Waals surface area contributed by atoms with E-state index in [9.17, 15) is 0 Å². The van der Waals surface area contributed by atoms with Crippen molar-refractivity contribution in [3.63, 3.8) is 0 Å². The number of para-hydroxylation sites is 1. The minimum Gasteiger partial charge on any atom is -0.493 e. The fraction of sp³-hybridized carbons (Fsp3) is 0.333. The van der Waals surface area contributed by atoms with Gasteiger partial charge in [-0.15, -0.1) is 0 Å². The first-order chi connectivity index (χ1) is 10.1. The Kier molecular flexibility index (Phi) is 3.92. The van der Waals surface area contributed by atoms with Gasteiger partial charge in [0.25, 0.3) is 0 Å². The summed E-state index contributed by atoms with van der Waals surface area (Å²) >= 11 is 6.32. The van der Waals surface area contributed by atoms with Crippen LogP contribution in [0.3, 0.4) is 0 Å². The summed E-state index contributed by atoms with van der Waals surface area (Å²) < 4.78 is 5.73. The monoisotopic (exact) mass is 301 g/mol. The van der Waals surface area contributed by atoms with Crippen LogP contribution in [0.1, 0.15) is 36.8 Å². The third kappa shape index (κ3) is 2.92. The van der Waals surface area contributed by atoms with Gasteiger partial charge in [0.15, 0.2) is 0 Å². The first-order valence-corrected chi connectivity index (χ1v) is 7.71. The van der Waals surface area contributed by atoms with Crippen molar-refractivity contribution in [3.8, 4) is 5.75 Å². The number of halogens is 1. The molecule has 2 N–H and O–H groups in total. The van der Waals surface area contributed by atoms with Crippen LogP contribution in [0.5, 0.6) is 5.75 Å². The molecule has 0 spiro atoms. The Morgan fingerprint density at radius 3 is 2.71 bits per heavy atom. The molecule has 0 saturated carbocycles. The van der Waals surface area contributed by atoms with Gasteiger partial charge in [0.05, 0.1) is 6.61 Å². The average molecular weight is 302 g/mol.